The average Bonchev–Trinajstić information content (AvgIpc) is 2.98. The van der Waals surface area contributed by atoms with E-state index in [0.717, 1.165) is 5.56 Å². The second kappa shape index (κ2) is 8.12. The molecule has 0 radical (unpaired) electrons. The van der Waals surface area contributed by atoms with E-state index in [-0.39, 0.29) is 12.5 Å². The van der Waals surface area contributed by atoms with Gasteiger partial charge in [-0.2, -0.15) is 12.6 Å². The quantitative estimate of drug-likeness (QED) is 0.642. The van der Waals surface area contributed by atoms with E-state index < -0.39 is 23.3 Å². The Kier molecular flexibility index (Phi) is 5.81. The molecule has 0 aromatic heterocycles. The normalized spacial score (nSPS) is 19.1. The molecule has 0 bridgehead atoms. The summed E-state index contributed by atoms with van der Waals surface area (Å²) >= 11 is 4.71. The molecule has 2 amide bonds. The van der Waals surface area contributed by atoms with Gasteiger partial charge in [0.1, 0.15) is 6.10 Å². The van der Waals surface area contributed by atoms with Crippen molar-refractivity contribution in [3.63, 3.8) is 0 Å². The summed E-state index contributed by atoms with van der Waals surface area (Å²) in [6.07, 6.45) is -0.876. The number of primary amides is 1. The number of hydrogen-bond acceptors (Lipinski definition) is 6. The molecule has 28 heavy (non-hydrogen) atoms. The predicted molar refractivity (Wildman–Crippen MR) is 108 cm³/mol. The van der Waals surface area contributed by atoms with Gasteiger partial charge in [-0.25, -0.2) is 0 Å². The van der Waals surface area contributed by atoms with Crippen molar-refractivity contribution in [1.82, 2.24) is 0 Å². The molecule has 0 aliphatic carbocycles. The highest BCUT2D eigenvalue weighted by atomic mass is 32.1. The number of thiol groups is 1. The molecule has 0 fully saturated rings. The molecule has 2 aromatic carbocycles. The van der Waals surface area contributed by atoms with Crippen molar-refractivity contribution < 1.29 is 24.2 Å². The van der Waals surface area contributed by atoms with Crippen LogP contribution in [0.3, 0.4) is 0 Å². The molecule has 1 heterocycles. The van der Waals surface area contributed by atoms with Gasteiger partial charge >= 0.3 is 0 Å². The fraction of sp³-hybridized carbons (Fsp3) is 0.300. The first-order chi connectivity index (χ1) is 13.3. The lowest BCUT2D eigenvalue weighted by Gasteiger charge is -2.31. The lowest BCUT2D eigenvalue weighted by molar-refractivity contribution is -0.120. The van der Waals surface area contributed by atoms with Crippen LogP contribution in [-0.2, 0) is 9.59 Å². The zero-order valence-electron chi connectivity index (χ0n) is 15.5. The van der Waals surface area contributed by atoms with Crippen LogP contribution in [0.1, 0.15) is 29.4 Å². The summed E-state index contributed by atoms with van der Waals surface area (Å²) in [5.41, 5.74) is 7.21. The Morgan fingerprint density at radius 3 is 2.61 bits per heavy atom. The van der Waals surface area contributed by atoms with E-state index in [1.165, 1.54) is 14.0 Å². The third-order valence-electron chi connectivity index (χ3n) is 4.70. The Hall–Kier alpha value is -2.71. The minimum atomic E-state index is -0.876. The van der Waals surface area contributed by atoms with E-state index in [9.17, 15) is 14.7 Å². The number of aliphatic hydroxyl groups is 1. The summed E-state index contributed by atoms with van der Waals surface area (Å²) in [7, 11) is 1.48. The number of carbonyl (C=O) groups is 2. The smallest absolute Gasteiger partial charge is 0.255 e. The van der Waals surface area contributed by atoms with Crippen LogP contribution in [-0.4, -0.2) is 36.7 Å². The lowest BCUT2D eigenvalue weighted by Crippen LogP contribution is -2.40. The summed E-state index contributed by atoms with van der Waals surface area (Å²) in [5.74, 6) is -0.00925. The number of anilines is 1. The molecule has 1 aliphatic heterocycles. The number of nitrogens with zero attached hydrogens (tertiary/aromatic N) is 1. The van der Waals surface area contributed by atoms with Crippen LogP contribution in [0, 0.1) is 0 Å². The maximum atomic E-state index is 12.3. The van der Waals surface area contributed by atoms with Gasteiger partial charge < -0.3 is 25.2 Å². The molecule has 7 nitrogen and oxygen atoms in total. The number of nitrogens with two attached hydrogens (primary N) is 1. The number of aliphatic hydroxyl groups excluding tert-OH is 1. The summed E-state index contributed by atoms with van der Waals surface area (Å²) in [4.78, 5) is 24.8. The minimum absolute atomic E-state index is 0.179. The van der Waals surface area contributed by atoms with Crippen LogP contribution in [0.5, 0.6) is 11.5 Å². The molecule has 8 heteroatoms. The number of rotatable bonds is 6. The zero-order valence-corrected chi connectivity index (χ0v) is 16.4. The van der Waals surface area contributed by atoms with Crippen molar-refractivity contribution in [3.05, 3.63) is 53.6 Å². The minimum Gasteiger partial charge on any atom is -0.493 e. The van der Waals surface area contributed by atoms with Gasteiger partial charge in [0.2, 0.25) is 5.91 Å². The third kappa shape index (κ3) is 3.65. The first kappa shape index (κ1) is 20.0. The first-order valence-electron chi connectivity index (χ1n) is 8.69. The number of hydrogen-bond donors (Lipinski definition) is 3. The standard InChI is InChI=1S/C20H22N2O5S/c1-11(23)22-14-6-4-3-5-13(14)19(25)18(22)20(28)12-7-8-15(16(9-12)26-2)27-10-17(21)24/h3-9,18-20,25,28H,10H2,1-2H3,(H2,21,24)/t18-,19?,20+/m1/s1. The van der Waals surface area contributed by atoms with Crippen molar-refractivity contribution in [2.75, 3.05) is 18.6 Å². The van der Waals surface area contributed by atoms with Crippen molar-refractivity contribution in [1.29, 1.82) is 0 Å². The van der Waals surface area contributed by atoms with Gasteiger partial charge in [0, 0.05) is 18.2 Å². The number of para-hydroxylation sites is 1. The number of fused-ring (bicyclic) bond motifs is 1. The molecule has 3 N–H and O–H groups in total. The molecule has 0 saturated heterocycles. The zero-order chi connectivity index (χ0) is 20.4. The molecular formula is C20H22N2O5S. The second-order valence-corrected chi connectivity index (χ2v) is 7.05. The Balaban J connectivity index is 1.94. The van der Waals surface area contributed by atoms with Crippen LogP contribution >= 0.6 is 12.6 Å². The van der Waals surface area contributed by atoms with Gasteiger partial charge in [0.15, 0.2) is 18.1 Å². The van der Waals surface area contributed by atoms with E-state index in [1.807, 2.05) is 18.2 Å². The highest BCUT2D eigenvalue weighted by Gasteiger charge is 2.43. The molecule has 0 saturated carbocycles. The monoisotopic (exact) mass is 402 g/mol. The van der Waals surface area contributed by atoms with E-state index in [1.54, 1.807) is 29.2 Å². The molecule has 0 spiro atoms. The van der Waals surface area contributed by atoms with Crippen LogP contribution in [0.2, 0.25) is 0 Å². The Labute approximate surface area is 168 Å². The Morgan fingerprint density at radius 1 is 1.25 bits per heavy atom. The van der Waals surface area contributed by atoms with Crippen molar-refractivity contribution >= 4 is 30.1 Å². The summed E-state index contributed by atoms with van der Waals surface area (Å²) < 4.78 is 10.7. The number of amides is 2. The second-order valence-electron chi connectivity index (χ2n) is 6.49. The number of ether oxygens (including phenoxy) is 2. The van der Waals surface area contributed by atoms with E-state index in [0.29, 0.717) is 22.7 Å². The fourth-order valence-electron chi connectivity index (χ4n) is 3.47. The number of benzene rings is 2. The summed E-state index contributed by atoms with van der Waals surface area (Å²) in [6, 6.07) is 11.8. The van der Waals surface area contributed by atoms with E-state index >= 15 is 0 Å². The van der Waals surface area contributed by atoms with Gasteiger partial charge in [-0.1, -0.05) is 24.3 Å². The fourth-order valence-corrected chi connectivity index (χ4v) is 3.93. The van der Waals surface area contributed by atoms with Crippen molar-refractivity contribution in [2.45, 2.75) is 24.3 Å². The van der Waals surface area contributed by atoms with Gasteiger partial charge in [-0.15, -0.1) is 0 Å². The van der Waals surface area contributed by atoms with Crippen molar-refractivity contribution in [3.8, 4) is 11.5 Å². The van der Waals surface area contributed by atoms with Gasteiger partial charge in [0.25, 0.3) is 5.91 Å². The van der Waals surface area contributed by atoms with Crippen LogP contribution in [0.25, 0.3) is 0 Å². The molecule has 148 valence electrons. The van der Waals surface area contributed by atoms with Crippen LogP contribution in [0.4, 0.5) is 5.69 Å². The molecule has 1 unspecified atom stereocenters. The van der Waals surface area contributed by atoms with Crippen LogP contribution < -0.4 is 20.1 Å². The Bertz CT molecular complexity index is 904. The van der Waals surface area contributed by atoms with Gasteiger partial charge in [-0.3, -0.25) is 9.59 Å². The summed E-state index contributed by atoms with van der Waals surface area (Å²) in [6.45, 7) is 1.19. The van der Waals surface area contributed by atoms with Crippen LogP contribution in [0.15, 0.2) is 42.5 Å². The topological polar surface area (TPSA) is 102 Å². The highest BCUT2D eigenvalue weighted by Crippen LogP contribution is 2.47. The van der Waals surface area contributed by atoms with E-state index in [4.69, 9.17) is 27.8 Å². The average molecular weight is 402 g/mol. The number of methoxy groups -OCH3 is 1. The number of carbonyl (C=O) groups excluding carboxylic acids is 2. The molecule has 3 atom stereocenters. The first-order valence-corrected chi connectivity index (χ1v) is 9.20. The SMILES string of the molecule is COc1cc([C@H](S)[C@H]2C(O)c3ccccc3N2C(C)=O)ccc1OCC(N)=O. The third-order valence-corrected chi connectivity index (χ3v) is 5.30. The maximum Gasteiger partial charge on any atom is 0.255 e. The van der Waals surface area contributed by atoms with Gasteiger partial charge in [0.05, 0.1) is 18.4 Å². The molecule has 2 aromatic rings. The summed E-state index contributed by atoms with van der Waals surface area (Å²) in [5, 5.41) is 10.4. The lowest BCUT2D eigenvalue weighted by atomic mass is 9.98. The van der Waals surface area contributed by atoms with Crippen molar-refractivity contribution in [2.24, 2.45) is 5.73 Å². The Morgan fingerprint density at radius 2 is 1.96 bits per heavy atom. The van der Waals surface area contributed by atoms with E-state index in [2.05, 4.69) is 0 Å². The predicted octanol–water partition coefficient (Wildman–Crippen LogP) is 2.00. The largest absolute Gasteiger partial charge is 0.493 e. The molecule has 3 rings (SSSR count). The highest BCUT2D eigenvalue weighted by molar-refractivity contribution is 7.80. The maximum absolute atomic E-state index is 12.3. The molecule has 1 aliphatic rings. The van der Waals surface area contributed by atoms with Gasteiger partial charge in [-0.05, 0) is 23.8 Å². The molecular weight excluding hydrogens is 380 g/mol.